The Labute approximate surface area is 114 Å². The lowest BCUT2D eigenvalue weighted by Gasteiger charge is -2.36. The fourth-order valence-electron chi connectivity index (χ4n) is 2.81. The summed E-state index contributed by atoms with van der Waals surface area (Å²) in [5.41, 5.74) is 7.44. The molecule has 0 unspecified atom stereocenters. The minimum absolute atomic E-state index is 0.0000376. The van der Waals surface area contributed by atoms with E-state index in [9.17, 15) is 9.90 Å². The van der Waals surface area contributed by atoms with Crippen molar-refractivity contribution in [3.63, 3.8) is 0 Å². The van der Waals surface area contributed by atoms with Crippen molar-refractivity contribution < 1.29 is 9.90 Å². The van der Waals surface area contributed by atoms with Crippen LogP contribution in [0.3, 0.4) is 0 Å². The monoisotopic (exact) mass is 262 g/mol. The number of aliphatic hydroxyl groups excluding tert-OH is 1. The summed E-state index contributed by atoms with van der Waals surface area (Å²) in [6, 6.07) is 5.33. The minimum atomic E-state index is -0.451. The van der Waals surface area contributed by atoms with Gasteiger partial charge in [-0.05, 0) is 43.5 Å². The van der Waals surface area contributed by atoms with Gasteiger partial charge in [-0.1, -0.05) is 19.3 Å². The molecule has 0 aliphatic heterocycles. The molecule has 0 atom stereocenters. The van der Waals surface area contributed by atoms with E-state index >= 15 is 0 Å². The summed E-state index contributed by atoms with van der Waals surface area (Å²) in [5, 5.41) is 12.6. The van der Waals surface area contributed by atoms with Crippen LogP contribution in [0, 0.1) is 6.92 Å². The number of carbonyl (C=O) groups is 1. The van der Waals surface area contributed by atoms with Crippen molar-refractivity contribution in [2.24, 2.45) is 0 Å². The van der Waals surface area contributed by atoms with Crippen LogP contribution < -0.4 is 11.1 Å². The number of hydrogen-bond donors (Lipinski definition) is 3. The molecular formula is C15H22N2O2. The van der Waals surface area contributed by atoms with Crippen LogP contribution in [0.2, 0.25) is 0 Å². The summed E-state index contributed by atoms with van der Waals surface area (Å²) < 4.78 is 0. The van der Waals surface area contributed by atoms with Crippen LogP contribution in [0.5, 0.6) is 0 Å². The Balaban J connectivity index is 2.15. The van der Waals surface area contributed by atoms with Crippen molar-refractivity contribution in [1.29, 1.82) is 0 Å². The van der Waals surface area contributed by atoms with Gasteiger partial charge in [-0.15, -0.1) is 0 Å². The second kappa shape index (κ2) is 5.61. The van der Waals surface area contributed by atoms with Crippen LogP contribution in [0.25, 0.3) is 0 Å². The maximum atomic E-state index is 12.3. The number of aryl methyl sites for hydroxylation is 1. The number of nitrogen functional groups attached to an aromatic ring is 1. The SMILES string of the molecule is Cc1cc(N)cc(C(=O)NC2(CO)CCCCC2)c1. The molecule has 4 N–H and O–H groups in total. The molecule has 1 aliphatic rings. The fraction of sp³-hybridized carbons (Fsp3) is 0.533. The van der Waals surface area contributed by atoms with Crippen LogP contribution in [0.15, 0.2) is 18.2 Å². The van der Waals surface area contributed by atoms with Gasteiger partial charge in [0, 0.05) is 11.3 Å². The molecule has 1 fully saturated rings. The Morgan fingerprint density at radius 2 is 2.00 bits per heavy atom. The number of aliphatic hydroxyl groups is 1. The third kappa shape index (κ3) is 3.26. The number of anilines is 1. The van der Waals surface area contributed by atoms with Gasteiger partial charge in [-0.2, -0.15) is 0 Å². The van der Waals surface area contributed by atoms with Gasteiger partial charge in [0.25, 0.3) is 5.91 Å². The Morgan fingerprint density at radius 1 is 1.32 bits per heavy atom. The molecule has 1 saturated carbocycles. The molecule has 104 valence electrons. The zero-order chi connectivity index (χ0) is 13.9. The van der Waals surface area contributed by atoms with Crippen molar-refractivity contribution in [1.82, 2.24) is 5.32 Å². The number of nitrogens with one attached hydrogen (secondary N) is 1. The highest BCUT2D eigenvalue weighted by molar-refractivity contribution is 5.95. The van der Waals surface area contributed by atoms with Gasteiger partial charge < -0.3 is 16.2 Å². The summed E-state index contributed by atoms with van der Waals surface area (Å²) in [6.45, 7) is 1.91. The molecule has 0 spiro atoms. The second-order valence-corrected chi connectivity index (χ2v) is 5.59. The standard InChI is InChI=1S/C15H22N2O2/c1-11-7-12(9-13(16)8-11)14(19)17-15(10-18)5-3-2-4-6-15/h7-9,18H,2-6,10,16H2,1H3,(H,17,19). The average molecular weight is 262 g/mol. The summed E-state index contributed by atoms with van der Waals surface area (Å²) in [5.74, 6) is -0.147. The molecule has 0 heterocycles. The van der Waals surface area contributed by atoms with Gasteiger partial charge in [-0.25, -0.2) is 0 Å². The van der Waals surface area contributed by atoms with E-state index in [1.165, 1.54) is 6.42 Å². The van der Waals surface area contributed by atoms with Gasteiger partial charge in [-0.3, -0.25) is 4.79 Å². The molecule has 0 saturated heterocycles. The second-order valence-electron chi connectivity index (χ2n) is 5.59. The molecule has 1 aromatic rings. The maximum Gasteiger partial charge on any atom is 0.251 e. The number of amides is 1. The summed E-state index contributed by atoms with van der Waals surface area (Å²) in [4.78, 5) is 12.3. The van der Waals surface area contributed by atoms with E-state index in [1.54, 1.807) is 6.07 Å². The van der Waals surface area contributed by atoms with Crippen LogP contribution in [-0.4, -0.2) is 23.2 Å². The molecule has 4 heteroatoms. The quantitative estimate of drug-likeness (QED) is 0.729. The topological polar surface area (TPSA) is 75.4 Å². The Hall–Kier alpha value is -1.55. The van der Waals surface area contributed by atoms with E-state index < -0.39 is 5.54 Å². The largest absolute Gasteiger partial charge is 0.399 e. The molecule has 0 bridgehead atoms. The lowest BCUT2D eigenvalue weighted by Crippen LogP contribution is -2.52. The van der Waals surface area contributed by atoms with E-state index in [0.717, 1.165) is 31.2 Å². The number of rotatable bonds is 3. The third-order valence-corrected chi connectivity index (χ3v) is 3.85. The molecule has 4 nitrogen and oxygen atoms in total. The van der Waals surface area contributed by atoms with Gasteiger partial charge in [0.1, 0.15) is 0 Å². The van der Waals surface area contributed by atoms with Crippen molar-refractivity contribution in [3.05, 3.63) is 29.3 Å². The zero-order valence-electron chi connectivity index (χ0n) is 11.4. The van der Waals surface area contributed by atoms with E-state index in [-0.39, 0.29) is 12.5 Å². The first-order valence-corrected chi connectivity index (χ1v) is 6.85. The van der Waals surface area contributed by atoms with Gasteiger partial charge in [0.2, 0.25) is 0 Å². The molecule has 1 aliphatic carbocycles. The first kappa shape index (κ1) is 13.9. The normalized spacial score (nSPS) is 18.0. The van der Waals surface area contributed by atoms with E-state index in [1.807, 2.05) is 19.1 Å². The molecule has 1 aromatic carbocycles. The van der Waals surface area contributed by atoms with Crippen LogP contribution >= 0.6 is 0 Å². The molecular weight excluding hydrogens is 240 g/mol. The summed E-state index contributed by atoms with van der Waals surface area (Å²) in [6.07, 6.45) is 4.97. The molecule has 2 rings (SSSR count). The number of hydrogen-bond acceptors (Lipinski definition) is 3. The lowest BCUT2D eigenvalue weighted by atomic mass is 9.82. The Kier molecular flexibility index (Phi) is 4.10. The van der Waals surface area contributed by atoms with Crippen LogP contribution in [0.1, 0.15) is 48.0 Å². The lowest BCUT2D eigenvalue weighted by molar-refractivity contribution is 0.0758. The fourth-order valence-corrected chi connectivity index (χ4v) is 2.81. The molecule has 0 aromatic heterocycles. The summed E-state index contributed by atoms with van der Waals surface area (Å²) in [7, 11) is 0. The van der Waals surface area contributed by atoms with Crippen molar-refractivity contribution in [2.45, 2.75) is 44.6 Å². The van der Waals surface area contributed by atoms with Crippen molar-refractivity contribution >= 4 is 11.6 Å². The van der Waals surface area contributed by atoms with E-state index in [2.05, 4.69) is 5.32 Å². The van der Waals surface area contributed by atoms with Crippen LogP contribution in [0.4, 0.5) is 5.69 Å². The number of carbonyl (C=O) groups excluding carboxylic acids is 1. The highest BCUT2D eigenvalue weighted by Gasteiger charge is 2.33. The maximum absolute atomic E-state index is 12.3. The smallest absolute Gasteiger partial charge is 0.251 e. The van der Waals surface area contributed by atoms with E-state index in [4.69, 9.17) is 5.73 Å². The van der Waals surface area contributed by atoms with Crippen molar-refractivity contribution in [3.8, 4) is 0 Å². The first-order chi connectivity index (χ1) is 9.04. The van der Waals surface area contributed by atoms with Gasteiger partial charge in [0.15, 0.2) is 0 Å². The van der Waals surface area contributed by atoms with E-state index in [0.29, 0.717) is 11.3 Å². The number of benzene rings is 1. The third-order valence-electron chi connectivity index (χ3n) is 3.85. The highest BCUT2D eigenvalue weighted by atomic mass is 16.3. The molecule has 19 heavy (non-hydrogen) atoms. The molecule has 0 radical (unpaired) electrons. The van der Waals surface area contributed by atoms with Crippen LogP contribution in [-0.2, 0) is 0 Å². The predicted molar refractivity (Wildman–Crippen MR) is 76.0 cm³/mol. The van der Waals surface area contributed by atoms with Crippen molar-refractivity contribution in [2.75, 3.05) is 12.3 Å². The zero-order valence-corrected chi connectivity index (χ0v) is 11.4. The van der Waals surface area contributed by atoms with Gasteiger partial charge in [0.05, 0.1) is 12.1 Å². The first-order valence-electron chi connectivity index (χ1n) is 6.85. The highest BCUT2D eigenvalue weighted by Crippen LogP contribution is 2.28. The summed E-state index contributed by atoms with van der Waals surface area (Å²) >= 11 is 0. The number of nitrogens with two attached hydrogens (primary N) is 1. The predicted octanol–water partition coefficient (Wildman–Crippen LogP) is 2.00. The Bertz CT molecular complexity index is 445. The Morgan fingerprint density at radius 3 is 2.58 bits per heavy atom. The average Bonchev–Trinajstić information content (AvgIpc) is 2.38. The minimum Gasteiger partial charge on any atom is -0.399 e. The van der Waals surface area contributed by atoms with Gasteiger partial charge >= 0.3 is 0 Å². The molecule has 1 amide bonds.